The molecule has 128 valence electrons. The Balaban J connectivity index is 1.37. The summed E-state index contributed by atoms with van der Waals surface area (Å²) in [5.41, 5.74) is 2.86. The maximum atomic E-state index is 12.6. The Morgan fingerprint density at radius 3 is 2.72 bits per heavy atom. The van der Waals surface area contributed by atoms with E-state index in [-0.39, 0.29) is 12.0 Å². The molecule has 5 heteroatoms. The van der Waals surface area contributed by atoms with Crippen molar-refractivity contribution in [2.24, 2.45) is 0 Å². The normalized spacial score (nSPS) is 15.5. The molecule has 0 unspecified atom stereocenters. The van der Waals surface area contributed by atoms with Gasteiger partial charge in [0, 0.05) is 31.5 Å². The van der Waals surface area contributed by atoms with Gasteiger partial charge in [0.15, 0.2) is 0 Å². The monoisotopic (exact) mass is 352 g/mol. The highest BCUT2D eigenvalue weighted by Crippen LogP contribution is 2.29. The van der Waals surface area contributed by atoms with Crippen molar-refractivity contribution < 1.29 is 9.53 Å². The molecule has 2 aromatic carbocycles. The molecule has 1 amide bonds. The maximum Gasteiger partial charge on any atom is 0.274 e. The Hall–Kier alpha value is -2.40. The number of hydrogen-bond acceptors (Lipinski definition) is 4. The number of piperidine rings is 1. The van der Waals surface area contributed by atoms with E-state index in [2.05, 4.69) is 11.1 Å². The summed E-state index contributed by atoms with van der Waals surface area (Å²) in [6.45, 7) is 3.46. The Kier molecular flexibility index (Phi) is 4.40. The molecule has 1 aromatic heterocycles. The van der Waals surface area contributed by atoms with Crippen molar-refractivity contribution in [3.8, 4) is 5.19 Å². The predicted octanol–water partition coefficient (Wildman–Crippen LogP) is 4.29. The van der Waals surface area contributed by atoms with Gasteiger partial charge in [-0.2, -0.15) is 0 Å². The molecule has 25 heavy (non-hydrogen) atoms. The first-order chi connectivity index (χ1) is 12.2. The first-order valence-electron chi connectivity index (χ1n) is 8.57. The quantitative estimate of drug-likeness (QED) is 0.706. The minimum Gasteiger partial charge on any atom is -0.467 e. The second-order valence-corrected chi connectivity index (χ2v) is 7.42. The molecule has 1 aliphatic rings. The van der Waals surface area contributed by atoms with E-state index in [0.717, 1.165) is 52.5 Å². The van der Waals surface area contributed by atoms with Crippen LogP contribution in [-0.4, -0.2) is 35.0 Å². The second-order valence-electron chi connectivity index (χ2n) is 6.43. The van der Waals surface area contributed by atoms with Crippen LogP contribution in [-0.2, 0) is 0 Å². The van der Waals surface area contributed by atoms with Gasteiger partial charge < -0.3 is 9.64 Å². The van der Waals surface area contributed by atoms with Gasteiger partial charge in [0.2, 0.25) is 0 Å². The summed E-state index contributed by atoms with van der Waals surface area (Å²) in [7, 11) is 0. The van der Waals surface area contributed by atoms with Gasteiger partial charge in [-0.25, -0.2) is 4.98 Å². The molecule has 3 aromatic rings. The number of nitrogens with zero attached hydrogens (tertiary/aromatic N) is 2. The van der Waals surface area contributed by atoms with E-state index in [4.69, 9.17) is 4.74 Å². The highest BCUT2D eigenvalue weighted by Gasteiger charge is 2.25. The summed E-state index contributed by atoms with van der Waals surface area (Å²) in [4.78, 5) is 19.1. The number of aryl methyl sites for hydroxylation is 1. The number of rotatable bonds is 3. The SMILES string of the molecule is Cc1cccc(C(=O)N2CCC(Oc3nc4ccccc4s3)CC2)c1. The van der Waals surface area contributed by atoms with Crippen LogP contribution in [0.5, 0.6) is 5.19 Å². The zero-order valence-corrected chi connectivity index (χ0v) is 15.0. The van der Waals surface area contributed by atoms with Gasteiger partial charge in [-0.3, -0.25) is 4.79 Å². The summed E-state index contributed by atoms with van der Waals surface area (Å²) < 4.78 is 7.21. The molecule has 2 heterocycles. The van der Waals surface area contributed by atoms with Crippen molar-refractivity contribution in [2.45, 2.75) is 25.9 Å². The lowest BCUT2D eigenvalue weighted by atomic mass is 10.1. The predicted molar refractivity (Wildman–Crippen MR) is 100 cm³/mol. The molecule has 1 saturated heterocycles. The van der Waals surface area contributed by atoms with Crippen molar-refractivity contribution in [1.82, 2.24) is 9.88 Å². The van der Waals surface area contributed by atoms with E-state index in [1.165, 1.54) is 0 Å². The zero-order valence-electron chi connectivity index (χ0n) is 14.1. The maximum absolute atomic E-state index is 12.6. The third-order valence-corrected chi connectivity index (χ3v) is 5.46. The molecule has 0 radical (unpaired) electrons. The average molecular weight is 352 g/mol. The van der Waals surface area contributed by atoms with Crippen LogP contribution in [0.4, 0.5) is 0 Å². The lowest BCUT2D eigenvalue weighted by Crippen LogP contribution is -2.41. The number of hydrogen-bond donors (Lipinski definition) is 0. The third-order valence-electron chi connectivity index (χ3n) is 4.54. The van der Waals surface area contributed by atoms with Crippen LogP contribution in [0.3, 0.4) is 0 Å². The van der Waals surface area contributed by atoms with Gasteiger partial charge in [-0.15, -0.1) is 0 Å². The molecule has 4 nitrogen and oxygen atoms in total. The van der Waals surface area contributed by atoms with Crippen LogP contribution in [0.15, 0.2) is 48.5 Å². The molecule has 0 N–H and O–H groups in total. The van der Waals surface area contributed by atoms with Crippen LogP contribution in [0.2, 0.25) is 0 Å². The lowest BCUT2D eigenvalue weighted by Gasteiger charge is -2.31. The average Bonchev–Trinajstić information content (AvgIpc) is 3.04. The second kappa shape index (κ2) is 6.84. The smallest absolute Gasteiger partial charge is 0.274 e. The first kappa shape index (κ1) is 16.1. The van der Waals surface area contributed by atoms with Crippen molar-refractivity contribution in [1.29, 1.82) is 0 Å². The fourth-order valence-corrected chi connectivity index (χ4v) is 4.06. The fourth-order valence-electron chi connectivity index (χ4n) is 3.18. The van der Waals surface area contributed by atoms with E-state index >= 15 is 0 Å². The van der Waals surface area contributed by atoms with Crippen molar-refractivity contribution in [3.05, 3.63) is 59.7 Å². The van der Waals surface area contributed by atoms with E-state index < -0.39 is 0 Å². The number of carbonyl (C=O) groups is 1. The van der Waals surface area contributed by atoms with Gasteiger partial charge in [0.25, 0.3) is 11.1 Å². The lowest BCUT2D eigenvalue weighted by molar-refractivity contribution is 0.0595. The largest absolute Gasteiger partial charge is 0.467 e. The molecule has 1 fully saturated rings. The Bertz CT molecular complexity index is 864. The Morgan fingerprint density at radius 2 is 1.96 bits per heavy atom. The standard InChI is InChI=1S/C20H20N2O2S/c1-14-5-4-6-15(13-14)19(23)22-11-9-16(10-12-22)24-20-21-17-7-2-3-8-18(17)25-20/h2-8,13,16H,9-12H2,1H3. The van der Waals surface area contributed by atoms with E-state index in [1.807, 2.05) is 54.3 Å². The van der Waals surface area contributed by atoms with E-state index in [0.29, 0.717) is 0 Å². The molecule has 0 spiro atoms. The van der Waals surface area contributed by atoms with Gasteiger partial charge >= 0.3 is 0 Å². The Labute approximate surface area is 151 Å². The number of likely N-dealkylation sites (tertiary alicyclic amines) is 1. The van der Waals surface area contributed by atoms with Crippen molar-refractivity contribution in [2.75, 3.05) is 13.1 Å². The molecule has 4 rings (SSSR count). The fraction of sp³-hybridized carbons (Fsp3) is 0.300. The van der Waals surface area contributed by atoms with Crippen LogP contribution in [0.1, 0.15) is 28.8 Å². The van der Waals surface area contributed by atoms with Gasteiger partial charge in [-0.05, 0) is 31.2 Å². The number of ether oxygens (including phenoxy) is 1. The molecular weight excluding hydrogens is 332 g/mol. The van der Waals surface area contributed by atoms with E-state index in [1.54, 1.807) is 11.3 Å². The number of fused-ring (bicyclic) bond motifs is 1. The van der Waals surface area contributed by atoms with Gasteiger partial charge in [-0.1, -0.05) is 41.2 Å². The topological polar surface area (TPSA) is 42.4 Å². The number of carbonyl (C=O) groups excluding carboxylic acids is 1. The van der Waals surface area contributed by atoms with E-state index in [9.17, 15) is 4.79 Å². The number of aromatic nitrogens is 1. The highest BCUT2D eigenvalue weighted by atomic mass is 32.1. The first-order valence-corrected chi connectivity index (χ1v) is 9.39. The third kappa shape index (κ3) is 3.51. The zero-order chi connectivity index (χ0) is 17.2. The number of thiazole rings is 1. The molecule has 1 aliphatic heterocycles. The summed E-state index contributed by atoms with van der Waals surface area (Å²) in [5, 5.41) is 0.727. The Morgan fingerprint density at radius 1 is 1.16 bits per heavy atom. The van der Waals surface area contributed by atoms with Gasteiger partial charge in [0.1, 0.15) is 6.10 Å². The van der Waals surface area contributed by atoms with Gasteiger partial charge in [0.05, 0.1) is 10.2 Å². The minimum atomic E-state index is 0.113. The van der Waals surface area contributed by atoms with Crippen molar-refractivity contribution in [3.63, 3.8) is 0 Å². The molecule has 0 saturated carbocycles. The number of amides is 1. The summed E-state index contributed by atoms with van der Waals surface area (Å²) in [6, 6.07) is 15.8. The molecule has 0 bridgehead atoms. The summed E-state index contributed by atoms with van der Waals surface area (Å²) in [5.74, 6) is 0.113. The molecule has 0 aliphatic carbocycles. The van der Waals surface area contributed by atoms with Crippen LogP contribution in [0, 0.1) is 6.92 Å². The minimum absolute atomic E-state index is 0.113. The van der Waals surface area contributed by atoms with Crippen LogP contribution >= 0.6 is 11.3 Å². The molecule has 0 atom stereocenters. The highest BCUT2D eigenvalue weighted by molar-refractivity contribution is 7.20. The molecular formula is C20H20N2O2S. The number of benzene rings is 2. The summed E-state index contributed by atoms with van der Waals surface area (Å²) >= 11 is 1.58. The summed E-state index contributed by atoms with van der Waals surface area (Å²) in [6.07, 6.45) is 1.81. The van der Waals surface area contributed by atoms with Crippen LogP contribution < -0.4 is 4.74 Å². The van der Waals surface area contributed by atoms with Crippen LogP contribution in [0.25, 0.3) is 10.2 Å². The van der Waals surface area contributed by atoms with Crippen molar-refractivity contribution >= 4 is 27.5 Å². The number of para-hydroxylation sites is 1.